The highest BCUT2D eigenvalue weighted by Crippen LogP contribution is 2.28. The second kappa shape index (κ2) is 6.40. The van der Waals surface area contributed by atoms with Crippen molar-refractivity contribution >= 4 is 6.29 Å². The summed E-state index contributed by atoms with van der Waals surface area (Å²) in [7, 11) is 3.23. The number of carbonyl (C=O) groups excluding carboxylic acids is 1. The van der Waals surface area contributed by atoms with Gasteiger partial charge in [-0.25, -0.2) is 0 Å². The Kier molecular flexibility index (Phi) is 5.16. The molecule has 18 heavy (non-hydrogen) atoms. The number of aldehydes is 1. The Bertz CT molecular complexity index is 399. The zero-order valence-corrected chi connectivity index (χ0v) is 11.4. The Hall–Kier alpha value is -1.55. The zero-order valence-electron chi connectivity index (χ0n) is 11.4. The lowest BCUT2D eigenvalue weighted by atomic mass is 10.1. The van der Waals surface area contributed by atoms with Crippen LogP contribution in [0.1, 0.15) is 30.6 Å². The fraction of sp³-hybridized carbons (Fsp3) is 0.500. The van der Waals surface area contributed by atoms with Gasteiger partial charge in [-0.15, -0.1) is 0 Å². The van der Waals surface area contributed by atoms with Crippen LogP contribution in [0, 0.1) is 0 Å². The first kappa shape index (κ1) is 14.5. The molecule has 0 atom stereocenters. The van der Waals surface area contributed by atoms with Crippen molar-refractivity contribution in [3.05, 3.63) is 23.8 Å². The zero-order chi connectivity index (χ0) is 13.6. The monoisotopic (exact) mass is 252 g/mol. The van der Waals surface area contributed by atoms with Crippen LogP contribution in [0.4, 0.5) is 0 Å². The van der Waals surface area contributed by atoms with Crippen LogP contribution in [0.25, 0.3) is 0 Å². The first-order valence-electron chi connectivity index (χ1n) is 5.83. The van der Waals surface area contributed by atoms with Crippen molar-refractivity contribution < 1.29 is 19.0 Å². The summed E-state index contributed by atoms with van der Waals surface area (Å²) in [6, 6.07) is 5.10. The van der Waals surface area contributed by atoms with Crippen molar-refractivity contribution in [1.29, 1.82) is 0 Å². The summed E-state index contributed by atoms with van der Waals surface area (Å²) in [5.74, 6) is 1.20. The smallest absolute Gasteiger partial charge is 0.161 e. The molecule has 0 aliphatic heterocycles. The molecule has 0 spiro atoms. The highest BCUT2D eigenvalue weighted by Gasteiger charge is 2.16. The molecule has 0 aromatic heterocycles. The van der Waals surface area contributed by atoms with Gasteiger partial charge in [-0.2, -0.15) is 0 Å². The predicted octanol–water partition coefficient (Wildman–Crippen LogP) is 2.70. The molecular formula is C14H20O4. The molecule has 4 heteroatoms. The largest absolute Gasteiger partial charge is 0.493 e. The minimum Gasteiger partial charge on any atom is -0.493 e. The summed E-state index contributed by atoms with van der Waals surface area (Å²) in [6.07, 6.45) is 1.54. The lowest BCUT2D eigenvalue weighted by molar-refractivity contribution is 0.00525. The third-order valence-corrected chi connectivity index (χ3v) is 2.84. The highest BCUT2D eigenvalue weighted by molar-refractivity contribution is 5.76. The normalized spacial score (nSPS) is 11.1. The van der Waals surface area contributed by atoms with Crippen molar-refractivity contribution in [1.82, 2.24) is 0 Å². The molecule has 0 heterocycles. The molecule has 4 nitrogen and oxygen atoms in total. The van der Waals surface area contributed by atoms with Gasteiger partial charge in [0.25, 0.3) is 0 Å². The lowest BCUT2D eigenvalue weighted by Crippen LogP contribution is -2.25. The molecule has 100 valence electrons. The second-order valence-corrected chi connectivity index (χ2v) is 4.59. The van der Waals surface area contributed by atoms with E-state index >= 15 is 0 Å². The van der Waals surface area contributed by atoms with E-state index in [1.807, 2.05) is 13.8 Å². The Morgan fingerprint density at radius 2 is 1.94 bits per heavy atom. The summed E-state index contributed by atoms with van der Waals surface area (Å²) in [4.78, 5) is 10.7. The van der Waals surface area contributed by atoms with Gasteiger partial charge in [-0.1, -0.05) is 0 Å². The van der Waals surface area contributed by atoms with Crippen LogP contribution < -0.4 is 9.47 Å². The van der Waals surface area contributed by atoms with Crippen LogP contribution >= 0.6 is 0 Å². The molecule has 0 aliphatic carbocycles. The Morgan fingerprint density at radius 1 is 1.22 bits per heavy atom. The number of hydrogen-bond acceptors (Lipinski definition) is 4. The van der Waals surface area contributed by atoms with Gasteiger partial charge in [0.1, 0.15) is 6.29 Å². The van der Waals surface area contributed by atoms with Crippen molar-refractivity contribution in [2.75, 3.05) is 20.8 Å². The minimum absolute atomic E-state index is 0.212. The van der Waals surface area contributed by atoms with Crippen molar-refractivity contribution in [3.63, 3.8) is 0 Å². The van der Waals surface area contributed by atoms with Gasteiger partial charge in [-0.3, -0.25) is 4.79 Å². The standard InChI is InChI=1S/C14H20O4/c1-14(2,17-4)7-8-18-12-6-5-11(10-15)9-13(12)16-3/h5-6,9-10H,7-8H2,1-4H3. The second-order valence-electron chi connectivity index (χ2n) is 4.59. The van der Waals surface area contributed by atoms with Crippen LogP contribution in [0.15, 0.2) is 18.2 Å². The lowest BCUT2D eigenvalue weighted by Gasteiger charge is -2.22. The van der Waals surface area contributed by atoms with Gasteiger partial charge >= 0.3 is 0 Å². The molecule has 0 N–H and O–H groups in total. The number of ether oxygens (including phenoxy) is 3. The Morgan fingerprint density at radius 3 is 2.50 bits per heavy atom. The number of hydrogen-bond donors (Lipinski definition) is 0. The maximum Gasteiger partial charge on any atom is 0.161 e. The van der Waals surface area contributed by atoms with Gasteiger partial charge in [0.05, 0.1) is 19.3 Å². The molecule has 0 aliphatic rings. The molecule has 1 aromatic rings. The number of carbonyl (C=O) groups is 1. The quantitative estimate of drug-likeness (QED) is 0.700. The van der Waals surface area contributed by atoms with Gasteiger partial charge in [0.15, 0.2) is 11.5 Å². The fourth-order valence-corrected chi connectivity index (χ4v) is 1.39. The average molecular weight is 252 g/mol. The van der Waals surface area contributed by atoms with Crippen LogP contribution in [0.3, 0.4) is 0 Å². The fourth-order valence-electron chi connectivity index (χ4n) is 1.39. The predicted molar refractivity (Wildman–Crippen MR) is 69.6 cm³/mol. The van der Waals surface area contributed by atoms with Gasteiger partial charge in [0, 0.05) is 19.1 Å². The maximum absolute atomic E-state index is 10.7. The maximum atomic E-state index is 10.7. The van der Waals surface area contributed by atoms with E-state index in [1.54, 1.807) is 32.4 Å². The van der Waals surface area contributed by atoms with Crippen molar-refractivity contribution in [3.8, 4) is 11.5 Å². The molecule has 1 aromatic carbocycles. The Balaban J connectivity index is 2.64. The van der Waals surface area contributed by atoms with Crippen LogP contribution in [-0.4, -0.2) is 32.7 Å². The van der Waals surface area contributed by atoms with Crippen LogP contribution in [-0.2, 0) is 4.74 Å². The first-order valence-corrected chi connectivity index (χ1v) is 5.83. The van der Waals surface area contributed by atoms with E-state index in [2.05, 4.69) is 0 Å². The molecule has 0 fully saturated rings. The van der Waals surface area contributed by atoms with Gasteiger partial charge < -0.3 is 14.2 Å². The van der Waals surface area contributed by atoms with E-state index in [0.717, 1.165) is 12.7 Å². The summed E-state index contributed by atoms with van der Waals surface area (Å²) < 4.78 is 16.1. The van der Waals surface area contributed by atoms with Crippen molar-refractivity contribution in [2.24, 2.45) is 0 Å². The molecule has 0 amide bonds. The van der Waals surface area contributed by atoms with Gasteiger partial charge in [-0.05, 0) is 32.0 Å². The van der Waals surface area contributed by atoms with Crippen LogP contribution in [0.5, 0.6) is 11.5 Å². The van der Waals surface area contributed by atoms with Gasteiger partial charge in [0.2, 0.25) is 0 Å². The summed E-state index contributed by atoms with van der Waals surface area (Å²) >= 11 is 0. The molecular weight excluding hydrogens is 232 g/mol. The number of benzene rings is 1. The average Bonchev–Trinajstić information content (AvgIpc) is 2.38. The minimum atomic E-state index is -0.212. The number of methoxy groups -OCH3 is 2. The third-order valence-electron chi connectivity index (χ3n) is 2.84. The van der Waals surface area contributed by atoms with Crippen LogP contribution in [0.2, 0.25) is 0 Å². The topological polar surface area (TPSA) is 44.8 Å². The highest BCUT2D eigenvalue weighted by atomic mass is 16.5. The summed E-state index contributed by atoms with van der Waals surface area (Å²) in [5, 5.41) is 0. The summed E-state index contributed by atoms with van der Waals surface area (Å²) in [5.41, 5.74) is 0.354. The molecule has 0 unspecified atom stereocenters. The van der Waals surface area contributed by atoms with E-state index < -0.39 is 0 Å². The molecule has 1 rings (SSSR count). The van der Waals surface area contributed by atoms with E-state index in [0.29, 0.717) is 23.7 Å². The first-order chi connectivity index (χ1) is 8.52. The molecule has 0 saturated heterocycles. The van der Waals surface area contributed by atoms with Crippen molar-refractivity contribution in [2.45, 2.75) is 25.9 Å². The summed E-state index contributed by atoms with van der Waals surface area (Å²) in [6.45, 7) is 4.53. The molecule has 0 saturated carbocycles. The van der Waals surface area contributed by atoms with E-state index in [9.17, 15) is 4.79 Å². The van der Waals surface area contributed by atoms with E-state index in [1.165, 1.54) is 0 Å². The third kappa shape index (κ3) is 4.04. The molecule has 0 radical (unpaired) electrons. The van der Waals surface area contributed by atoms with E-state index in [-0.39, 0.29) is 5.60 Å². The Labute approximate surface area is 108 Å². The van der Waals surface area contributed by atoms with E-state index in [4.69, 9.17) is 14.2 Å². The molecule has 0 bridgehead atoms. The number of rotatable bonds is 7. The SMILES string of the molecule is COc1cc(C=O)ccc1OCCC(C)(C)OC.